The van der Waals surface area contributed by atoms with Crippen molar-refractivity contribution in [2.75, 3.05) is 13.7 Å². The molecule has 2 bridgehead atoms. The third kappa shape index (κ3) is 2.33. The number of ether oxygens (including phenoxy) is 3. The lowest BCUT2D eigenvalue weighted by Crippen LogP contribution is -2.52. The van der Waals surface area contributed by atoms with Crippen molar-refractivity contribution < 1.29 is 19.3 Å². The zero-order chi connectivity index (χ0) is 18.1. The van der Waals surface area contributed by atoms with Crippen LogP contribution in [0, 0.1) is 22.7 Å². The molecular weight excluding hydrogens is 316 g/mol. The smallest absolute Gasteiger partial charge is 0.308 e. The molecule has 0 aromatic heterocycles. The van der Waals surface area contributed by atoms with E-state index < -0.39 is 11.6 Å². The summed E-state index contributed by atoms with van der Waals surface area (Å²) >= 11 is 0. The molecule has 0 unspecified atom stereocenters. The molecule has 25 heavy (non-hydrogen) atoms. The molecule has 4 rings (SSSR count). The van der Waals surface area contributed by atoms with Crippen molar-refractivity contribution in [1.82, 2.24) is 0 Å². The van der Waals surface area contributed by atoms with Crippen LogP contribution in [0.5, 0.6) is 0 Å². The minimum absolute atomic E-state index is 0.0352. The third-order valence-electron chi connectivity index (χ3n) is 8.08. The quantitative estimate of drug-likeness (QED) is 0.764. The number of allylic oxidation sites excluding steroid dienone is 1. The molecule has 2 aliphatic carbocycles. The molecule has 0 amide bonds. The average molecular weight is 350 g/mol. The maximum Gasteiger partial charge on any atom is 0.308 e. The van der Waals surface area contributed by atoms with E-state index in [4.69, 9.17) is 14.2 Å². The summed E-state index contributed by atoms with van der Waals surface area (Å²) in [6, 6.07) is 0. The van der Waals surface area contributed by atoms with Gasteiger partial charge in [0.25, 0.3) is 0 Å². The highest BCUT2D eigenvalue weighted by Crippen LogP contribution is 2.64. The van der Waals surface area contributed by atoms with Gasteiger partial charge in [0.15, 0.2) is 0 Å². The second kappa shape index (κ2) is 5.54. The van der Waals surface area contributed by atoms with Gasteiger partial charge in [0, 0.05) is 12.7 Å². The second-order valence-corrected chi connectivity index (χ2v) is 9.85. The van der Waals surface area contributed by atoms with Crippen LogP contribution in [0.4, 0.5) is 0 Å². The fraction of sp³-hybridized carbons (Fsp3) is 0.905. The summed E-state index contributed by atoms with van der Waals surface area (Å²) in [6.45, 7) is 9.41. The van der Waals surface area contributed by atoms with Crippen molar-refractivity contribution in [2.45, 2.75) is 83.9 Å². The minimum atomic E-state index is -1.11. The molecule has 3 fully saturated rings. The van der Waals surface area contributed by atoms with Crippen molar-refractivity contribution in [3.63, 3.8) is 0 Å². The Morgan fingerprint density at radius 1 is 1.20 bits per heavy atom. The van der Waals surface area contributed by atoms with Crippen LogP contribution in [-0.2, 0) is 14.2 Å². The van der Waals surface area contributed by atoms with Crippen molar-refractivity contribution in [1.29, 1.82) is 0 Å². The molecule has 142 valence electrons. The maximum atomic E-state index is 9.80. The van der Waals surface area contributed by atoms with Crippen molar-refractivity contribution in [3.05, 3.63) is 11.6 Å². The highest BCUT2D eigenvalue weighted by molar-refractivity contribution is 5.27. The summed E-state index contributed by atoms with van der Waals surface area (Å²) in [5, 5.41) is 9.80. The molecule has 4 aliphatic rings. The van der Waals surface area contributed by atoms with Crippen LogP contribution in [0.25, 0.3) is 0 Å². The fourth-order valence-corrected chi connectivity index (χ4v) is 6.65. The lowest BCUT2D eigenvalue weighted by Gasteiger charge is -2.58. The topological polar surface area (TPSA) is 47.9 Å². The van der Waals surface area contributed by atoms with Crippen LogP contribution in [0.2, 0.25) is 0 Å². The van der Waals surface area contributed by atoms with Crippen LogP contribution < -0.4 is 0 Å². The minimum Gasteiger partial charge on any atom is -0.394 e. The Labute approximate surface area is 151 Å². The van der Waals surface area contributed by atoms with Gasteiger partial charge in [-0.3, -0.25) is 0 Å². The van der Waals surface area contributed by atoms with Gasteiger partial charge >= 0.3 is 5.97 Å². The Morgan fingerprint density at radius 2 is 1.96 bits per heavy atom. The van der Waals surface area contributed by atoms with Crippen molar-refractivity contribution in [3.8, 4) is 0 Å². The predicted molar refractivity (Wildman–Crippen MR) is 95.8 cm³/mol. The highest BCUT2D eigenvalue weighted by atomic mass is 16.9. The van der Waals surface area contributed by atoms with Crippen molar-refractivity contribution in [2.24, 2.45) is 22.7 Å². The maximum absolute atomic E-state index is 9.80. The largest absolute Gasteiger partial charge is 0.394 e. The molecule has 2 heterocycles. The molecular formula is C21H34O4. The Morgan fingerprint density at radius 3 is 2.64 bits per heavy atom. The number of methoxy groups -OCH3 is 1. The van der Waals surface area contributed by atoms with Gasteiger partial charge in [-0.1, -0.05) is 33.3 Å². The van der Waals surface area contributed by atoms with Crippen LogP contribution >= 0.6 is 0 Å². The number of aliphatic hydroxyl groups excluding tert-OH is 1. The molecule has 2 aliphatic heterocycles. The van der Waals surface area contributed by atoms with Gasteiger partial charge in [0.1, 0.15) is 11.7 Å². The lowest BCUT2D eigenvalue weighted by atomic mass is 9.48. The normalized spacial score (nSPS) is 51.3. The van der Waals surface area contributed by atoms with E-state index in [-0.39, 0.29) is 18.1 Å². The predicted octanol–water partition coefficient (Wildman–Crippen LogP) is 4.03. The average Bonchev–Trinajstić information content (AvgIpc) is 2.77. The van der Waals surface area contributed by atoms with Crippen LogP contribution in [0.15, 0.2) is 11.6 Å². The van der Waals surface area contributed by atoms with Gasteiger partial charge in [-0.2, -0.15) is 0 Å². The summed E-state index contributed by atoms with van der Waals surface area (Å²) < 4.78 is 18.5. The number of aliphatic hydroxyl groups is 1. The molecule has 6 atom stereocenters. The first-order valence-corrected chi connectivity index (χ1v) is 9.95. The van der Waals surface area contributed by atoms with Gasteiger partial charge < -0.3 is 19.3 Å². The molecule has 4 heteroatoms. The Kier molecular flexibility index (Phi) is 3.98. The monoisotopic (exact) mass is 350 g/mol. The summed E-state index contributed by atoms with van der Waals surface area (Å²) in [4.78, 5) is 0. The third-order valence-corrected chi connectivity index (χ3v) is 8.08. The van der Waals surface area contributed by atoms with E-state index in [0.717, 1.165) is 19.3 Å². The molecule has 2 saturated heterocycles. The van der Waals surface area contributed by atoms with Gasteiger partial charge in [-0.15, -0.1) is 0 Å². The number of hydrogen-bond donors (Lipinski definition) is 1. The van der Waals surface area contributed by atoms with Gasteiger partial charge in [0.05, 0.1) is 6.61 Å². The number of rotatable bonds is 2. The van der Waals surface area contributed by atoms with E-state index in [2.05, 4.69) is 33.8 Å². The Hall–Kier alpha value is -0.420. The number of fused-ring (bicyclic) bond motifs is 6. The first-order chi connectivity index (χ1) is 11.7. The molecule has 0 radical (unpaired) electrons. The zero-order valence-corrected chi connectivity index (χ0v) is 16.4. The molecule has 0 aromatic rings. The van der Waals surface area contributed by atoms with Gasteiger partial charge in [0.2, 0.25) is 0 Å². The van der Waals surface area contributed by atoms with Crippen molar-refractivity contribution >= 4 is 0 Å². The summed E-state index contributed by atoms with van der Waals surface area (Å²) in [5.74, 6) is 0.000485. The van der Waals surface area contributed by atoms with Gasteiger partial charge in [-0.25, -0.2) is 0 Å². The van der Waals surface area contributed by atoms with Gasteiger partial charge in [-0.05, 0) is 61.7 Å². The Bertz CT molecular complexity index is 584. The van der Waals surface area contributed by atoms with E-state index in [9.17, 15) is 5.11 Å². The molecule has 1 N–H and O–H groups in total. The highest BCUT2D eigenvalue weighted by Gasteiger charge is 2.64. The summed E-state index contributed by atoms with van der Waals surface area (Å²) in [6.07, 6.45) is 8.93. The van der Waals surface area contributed by atoms with Crippen LogP contribution in [-0.4, -0.2) is 36.5 Å². The van der Waals surface area contributed by atoms with E-state index >= 15 is 0 Å². The van der Waals surface area contributed by atoms with E-state index in [1.165, 1.54) is 24.8 Å². The Balaban J connectivity index is 1.79. The molecule has 0 aromatic carbocycles. The molecule has 4 nitrogen and oxygen atoms in total. The first kappa shape index (κ1) is 18.0. The lowest BCUT2D eigenvalue weighted by molar-refractivity contribution is -0.315. The molecule has 1 saturated carbocycles. The van der Waals surface area contributed by atoms with Crippen LogP contribution in [0.1, 0.15) is 66.2 Å². The van der Waals surface area contributed by atoms with E-state index in [1.807, 2.05) is 0 Å². The fourth-order valence-electron chi connectivity index (χ4n) is 6.65. The first-order valence-electron chi connectivity index (χ1n) is 9.95. The second-order valence-electron chi connectivity index (χ2n) is 9.85. The SMILES string of the molecule is CO[C@@]12O[C@@H](CO)[C@@](C)(CC[C@H]3C1=CC[C@H]1C(C)(C)CCC[C@]31C)O2. The van der Waals surface area contributed by atoms with E-state index in [0.29, 0.717) is 17.3 Å². The standard InChI is InChI=1S/C21H34O4/c1-18(2)10-6-11-19(3)14-9-12-20(4)17(13-22)24-21(23-5,25-20)15(14)7-8-16(18)19/h7,14,16-17,22H,6,8-13H2,1-5H3/t14-,16-,17-,19+,20+,21+/m0/s1. The zero-order valence-electron chi connectivity index (χ0n) is 16.4. The van der Waals surface area contributed by atoms with Crippen LogP contribution in [0.3, 0.4) is 0 Å². The summed E-state index contributed by atoms with van der Waals surface area (Å²) in [7, 11) is 1.67. The number of hydrogen-bond acceptors (Lipinski definition) is 4. The molecule has 0 spiro atoms. The van der Waals surface area contributed by atoms with E-state index in [1.54, 1.807) is 7.11 Å². The summed E-state index contributed by atoms with van der Waals surface area (Å²) in [5.41, 5.74) is 1.32.